The predicted molar refractivity (Wildman–Crippen MR) is 250 cm³/mol. The summed E-state index contributed by atoms with van der Waals surface area (Å²) in [6.45, 7) is 3.72. The molecule has 3 atom stereocenters. The molecule has 0 amide bonds. The average Bonchev–Trinajstić information content (AvgIpc) is 3.21. The summed E-state index contributed by atoms with van der Waals surface area (Å²) in [6, 6.07) is 0. The fourth-order valence-electron chi connectivity index (χ4n) is 5.09. The van der Waals surface area contributed by atoms with Gasteiger partial charge in [-0.1, -0.05) is 142 Å². The lowest BCUT2D eigenvalue weighted by molar-refractivity contribution is -0.870. The lowest BCUT2D eigenvalue weighted by Crippen LogP contribution is -2.37. The molecule has 0 aromatic carbocycles. The first-order valence-corrected chi connectivity index (χ1v) is 23.8. The molecule has 0 saturated heterocycles. The van der Waals surface area contributed by atoms with Gasteiger partial charge in [0.1, 0.15) is 19.8 Å². The Morgan fingerprint density at radius 1 is 0.607 bits per heavy atom. The number of quaternary nitrogens is 1. The van der Waals surface area contributed by atoms with Gasteiger partial charge >= 0.3 is 11.9 Å². The molecule has 0 spiro atoms. The number of phosphoric acid groups is 1. The molecule has 0 aliphatic rings. The Morgan fingerprint density at radius 3 is 1.69 bits per heavy atom. The SMILES string of the molecule is CC/C=C\C/C=C\C/C=C\C/C=C\C/C=C\CCCCCC(=O)O[C@H](COC(=O)CCC/C=C\C/C=C\C/C=C\C=C\CC(O)/C=C\CC)COP(=O)([O-])OCC[N+](C)(C)C. The molecule has 61 heavy (non-hydrogen) atoms. The van der Waals surface area contributed by atoms with Gasteiger partial charge in [0.25, 0.3) is 7.82 Å². The highest BCUT2D eigenvalue weighted by molar-refractivity contribution is 7.45. The summed E-state index contributed by atoms with van der Waals surface area (Å²) < 4.78 is 33.8. The Hall–Kier alpha value is -3.63. The number of likely N-dealkylation sites (N-methyl/N-ethyl adjacent to an activating group) is 1. The lowest BCUT2D eigenvalue weighted by Gasteiger charge is -2.28. The van der Waals surface area contributed by atoms with E-state index in [2.05, 4.69) is 79.8 Å². The lowest BCUT2D eigenvalue weighted by atomic mass is 10.1. The zero-order valence-electron chi connectivity index (χ0n) is 38.2. The molecule has 1 N–H and O–H groups in total. The predicted octanol–water partition coefficient (Wildman–Crippen LogP) is 11.2. The van der Waals surface area contributed by atoms with Crippen LogP contribution in [0.4, 0.5) is 0 Å². The summed E-state index contributed by atoms with van der Waals surface area (Å²) in [5.74, 6) is -0.980. The second kappa shape index (κ2) is 40.4. The van der Waals surface area contributed by atoms with E-state index in [1.807, 2.05) is 76.7 Å². The minimum Gasteiger partial charge on any atom is -0.756 e. The number of phosphoric ester groups is 1. The molecule has 0 rings (SSSR count). The van der Waals surface area contributed by atoms with E-state index >= 15 is 0 Å². The molecule has 0 saturated carbocycles. The van der Waals surface area contributed by atoms with Crippen LogP contribution >= 0.6 is 7.82 Å². The van der Waals surface area contributed by atoms with Gasteiger partial charge in [-0.05, 0) is 89.9 Å². The maximum Gasteiger partial charge on any atom is 0.306 e. The molecule has 0 aromatic rings. The number of nitrogens with zero attached hydrogens (tertiary/aromatic N) is 1. The van der Waals surface area contributed by atoms with E-state index in [9.17, 15) is 24.2 Å². The Bertz CT molecular complexity index is 1460. The normalized spacial score (nSPS) is 15.2. The van der Waals surface area contributed by atoms with Gasteiger partial charge in [0.2, 0.25) is 0 Å². The Kier molecular flexibility index (Phi) is 38.0. The minimum absolute atomic E-state index is 0.0614. The Morgan fingerprint density at radius 2 is 1.11 bits per heavy atom. The quantitative estimate of drug-likeness (QED) is 0.0161. The van der Waals surface area contributed by atoms with Gasteiger partial charge in [0.05, 0.1) is 33.9 Å². The Labute approximate surface area is 370 Å². The van der Waals surface area contributed by atoms with E-state index in [0.29, 0.717) is 36.7 Å². The largest absolute Gasteiger partial charge is 0.756 e. The topological polar surface area (TPSA) is 131 Å². The monoisotopic (exact) mass is 870 g/mol. The molecule has 11 heteroatoms. The number of unbranched alkanes of at least 4 members (excludes halogenated alkanes) is 4. The van der Waals surface area contributed by atoms with Crippen molar-refractivity contribution < 1.29 is 47.2 Å². The van der Waals surface area contributed by atoms with E-state index in [4.69, 9.17) is 18.5 Å². The number of ether oxygens (including phenoxy) is 2. The van der Waals surface area contributed by atoms with Gasteiger partial charge in [-0.2, -0.15) is 0 Å². The van der Waals surface area contributed by atoms with Crippen molar-refractivity contribution in [1.82, 2.24) is 0 Å². The highest BCUT2D eigenvalue weighted by Gasteiger charge is 2.21. The van der Waals surface area contributed by atoms with Crippen molar-refractivity contribution in [3.63, 3.8) is 0 Å². The number of aliphatic hydroxyl groups excluding tert-OH is 1. The molecule has 0 aliphatic heterocycles. The zero-order valence-corrected chi connectivity index (χ0v) is 39.1. The molecular formula is C50H80NO9P. The van der Waals surface area contributed by atoms with E-state index in [1.165, 1.54) is 0 Å². The van der Waals surface area contributed by atoms with E-state index < -0.39 is 38.6 Å². The van der Waals surface area contributed by atoms with E-state index in [-0.39, 0.29) is 26.1 Å². The van der Waals surface area contributed by atoms with E-state index in [0.717, 1.165) is 70.6 Å². The van der Waals surface area contributed by atoms with Crippen molar-refractivity contribution in [1.29, 1.82) is 0 Å². The number of allylic oxidation sites excluding steroid dienone is 18. The van der Waals surface area contributed by atoms with Crippen LogP contribution in [0.3, 0.4) is 0 Å². The summed E-state index contributed by atoms with van der Waals surface area (Å²) in [5, 5.41) is 9.77. The van der Waals surface area contributed by atoms with Crippen molar-refractivity contribution in [3.05, 3.63) is 122 Å². The maximum absolute atomic E-state index is 12.7. The molecule has 0 heterocycles. The first kappa shape index (κ1) is 57.4. The number of hydrogen-bond acceptors (Lipinski definition) is 9. The Balaban J connectivity index is 4.57. The molecule has 0 radical (unpaired) electrons. The zero-order chi connectivity index (χ0) is 45.1. The maximum atomic E-state index is 12.7. The number of aliphatic hydroxyl groups is 1. The number of hydrogen-bond donors (Lipinski definition) is 1. The summed E-state index contributed by atoms with van der Waals surface area (Å²) in [5.41, 5.74) is 0. The van der Waals surface area contributed by atoms with E-state index in [1.54, 1.807) is 0 Å². The highest BCUT2D eigenvalue weighted by Crippen LogP contribution is 2.38. The van der Waals surface area contributed by atoms with Crippen molar-refractivity contribution in [3.8, 4) is 0 Å². The van der Waals surface area contributed by atoms with Gasteiger partial charge in [-0.15, -0.1) is 0 Å². The van der Waals surface area contributed by atoms with Crippen LogP contribution in [0, 0.1) is 0 Å². The summed E-state index contributed by atoms with van der Waals surface area (Å²) in [7, 11) is 1.06. The van der Waals surface area contributed by atoms with Crippen LogP contribution < -0.4 is 4.89 Å². The molecule has 2 unspecified atom stereocenters. The smallest absolute Gasteiger partial charge is 0.306 e. The van der Waals surface area contributed by atoms with Crippen molar-refractivity contribution in [2.45, 2.75) is 135 Å². The van der Waals surface area contributed by atoms with Crippen molar-refractivity contribution in [2.24, 2.45) is 0 Å². The third-order valence-electron chi connectivity index (χ3n) is 8.55. The fraction of sp³-hybridized carbons (Fsp3) is 0.560. The molecule has 0 aliphatic carbocycles. The fourth-order valence-corrected chi connectivity index (χ4v) is 5.82. The van der Waals surface area contributed by atoms with Gasteiger partial charge in [-0.25, -0.2) is 0 Å². The second-order valence-corrected chi connectivity index (χ2v) is 16.9. The van der Waals surface area contributed by atoms with Crippen molar-refractivity contribution in [2.75, 3.05) is 47.5 Å². The standard InChI is InChI=1S/C50H80NO9P/c1-6-8-10-11-12-13-14-15-16-17-18-19-20-21-26-29-32-35-38-42-50(54)60-48(46-59-61(55,56)58-44-43-51(3,4)5)45-57-49(53)41-37-34-31-28-25-23-22-24-27-30-33-36-40-47(52)39-9-7-2/h8-10,12-13,15-16,18-19,21-23,26-28,30-31,33,36,39,47-48,52H,6-7,11,14,17,20,24-25,29,32,34-35,37-38,40-46H2,1-5H3/b10-8-,13-12-,16-15-,19-18-,23-22-,26-21-,30-27-,31-28-,36-33+,39-9-/t47?,48-/m1/s1. The van der Waals surface area contributed by atoms with Crippen LogP contribution in [-0.2, 0) is 32.7 Å². The van der Waals surface area contributed by atoms with Crippen LogP contribution in [0.25, 0.3) is 0 Å². The van der Waals surface area contributed by atoms with Crippen LogP contribution in [0.5, 0.6) is 0 Å². The van der Waals surface area contributed by atoms with Crippen LogP contribution in [0.2, 0.25) is 0 Å². The third kappa shape index (κ3) is 44.2. The summed E-state index contributed by atoms with van der Waals surface area (Å²) in [6.07, 6.45) is 52.9. The highest BCUT2D eigenvalue weighted by atomic mass is 31.2. The molecule has 0 aromatic heterocycles. The summed E-state index contributed by atoms with van der Waals surface area (Å²) >= 11 is 0. The molecule has 0 fully saturated rings. The number of rotatable bonds is 38. The second-order valence-electron chi connectivity index (χ2n) is 15.5. The summed E-state index contributed by atoms with van der Waals surface area (Å²) in [4.78, 5) is 37.6. The van der Waals surface area contributed by atoms with Crippen molar-refractivity contribution >= 4 is 19.8 Å². The number of esters is 2. The average molecular weight is 870 g/mol. The molecule has 0 bridgehead atoms. The first-order chi connectivity index (χ1) is 29.4. The number of carbonyl (C=O) groups is 2. The molecule has 10 nitrogen and oxygen atoms in total. The van der Waals surface area contributed by atoms with Crippen LogP contribution in [-0.4, -0.2) is 81.2 Å². The van der Waals surface area contributed by atoms with Crippen LogP contribution in [0.15, 0.2) is 122 Å². The van der Waals surface area contributed by atoms with Gasteiger partial charge in [0.15, 0.2) is 6.10 Å². The minimum atomic E-state index is -4.67. The third-order valence-corrected chi connectivity index (χ3v) is 9.52. The molecular weight excluding hydrogens is 790 g/mol. The molecule has 344 valence electrons. The number of carbonyl (C=O) groups excluding carboxylic acids is 2. The first-order valence-electron chi connectivity index (χ1n) is 22.4. The van der Waals surface area contributed by atoms with Gasteiger partial charge < -0.3 is 33.0 Å². The van der Waals surface area contributed by atoms with Gasteiger partial charge in [-0.3, -0.25) is 14.2 Å². The van der Waals surface area contributed by atoms with Gasteiger partial charge in [0, 0.05) is 12.8 Å². The van der Waals surface area contributed by atoms with Crippen LogP contribution in [0.1, 0.15) is 123 Å².